The summed E-state index contributed by atoms with van der Waals surface area (Å²) in [5.41, 5.74) is 1.56. The Hall–Kier alpha value is -2.37. The van der Waals surface area contributed by atoms with Crippen molar-refractivity contribution in [2.24, 2.45) is 5.14 Å². The number of piperazine rings is 1. The first-order valence-electron chi connectivity index (χ1n) is 10.9. The molecule has 3 N–H and O–H groups in total. The fourth-order valence-corrected chi connectivity index (χ4v) is 5.17. The van der Waals surface area contributed by atoms with Crippen LogP contribution >= 0.6 is 23.2 Å². The highest BCUT2D eigenvalue weighted by molar-refractivity contribution is 7.89. The van der Waals surface area contributed by atoms with E-state index >= 15 is 0 Å². The second-order valence-corrected chi connectivity index (χ2v) is 10.2. The van der Waals surface area contributed by atoms with E-state index in [1.165, 1.54) is 12.1 Å². The van der Waals surface area contributed by atoms with Gasteiger partial charge in [0.05, 0.1) is 14.9 Å². The lowest BCUT2D eigenvalue weighted by molar-refractivity contribution is 0.410. The molecule has 0 spiro atoms. The molecule has 34 heavy (non-hydrogen) atoms. The van der Waals surface area contributed by atoms with Crippen molar-refractivity contribution in [2.45, 2.75) is 31.2 Å². The Kier molecular flexibility index (Phi) is 7.63. The first kappa shape index (κ1) is 24.7. The highest BCUT2D eigenvalue weighted by Gasteiger charge is 2.19. The van der Waals surface area contributed by atoms with Gasteiger partial charge in [0, 0.05) is 50.9 Å². The average Bonchev–Trinajstić information content (AvgIpc) is 3.20. The number of sulfonamides is 1. The lowest BCUT2D eigenvalue weighted by Crippen LogP contribution is -2.43. The van der Waals surface area contributed by atoms with Crippen LogP contribution in [-0.2, 0) is 29.4 Å². The monoisotopic (exact) mass is 524 g/mol. The molecule has 1 aromatic heterocycles. The topological polar surface area (TPSA) is 115 Å². The molecule has 1 aliphatic rings. The molecule has 0 amide bonds. The molecule has 1 saturated heterocycles. The first-order chi connectivity index (χ1) is 16.3. The van der Waals surface area contributed by atoms with Crippen molar-refractivity contribution < 1.29 is 13.2 Å². The molecule has 0 bridgehead atoms. The number of aryl methyl sites for hydroxylation is 2. The fourth-order valence-electron chi connectivity index (χ4n) is 3.95. The number of hydrogen-bond acceptors (Lipinski definition) is 7. The van der Waals surface area contributed by atoms with Crippen molar-refractivity contribution in [3.63, 3.8) is 0 Å². The van der Waals surface area contributed by atoms with Gasteiger partial charge in [0.2, 0.25) is 10.0 Å². The van der Waals surface area contributed by atoms with Crippen LogP contribution in [0.4, 0.5) is 5.69 Å². The molecule has 1 fully saturated rings. The highest BCUT2D eigenvalue weighted by atomic mass is 35.5. The van der Waals surface area contributed by atoms with E-state index in [-0.39, 0.29) is 14.9 Å². The van der Waals surface area contributed by atoms with E-state index in [2.05, 4.69) is 26.5 Å². The quantitative estimate of drug-likeness (QED) is 0.464. The van der Waals surface area contributed by atoms with Gasteiger partial charge in [0.1, 0.15) is 11.6 Å². The van der Waals surface area contributed by atoms with Crippen molar-refractivity contribution in [3.8, 4) is 11.8 Å². The molecule has 0 atom stereocenters. The molecule has 9 nitrogen and oxygen atoms in total. The predicted molar refractivity (Wildman–Crippen MR) is 133 cm³/mol. The van der Waals surface area contributed by atoms with Gasteiger partial charge in [0.25, 0.3) is 0 Å². The molecule has 12 heteroatoms. The number of aromatic nitrogens is 3. The number of halogens is 2. The van der Waals surface area contributed by atoms with Crippen LogP contribution in [0.5, 0.6) is 11.8 Å². The number of anilines is 1. The summed E-state index contributed by atoms with van der Waals surface area (Å²) in [7, 11) is -3.96. The lowest BCUT2D eigenvalue weighted by atomic mass is 10.1. The molecule has 2 aromatic carbocycles. The van der Waals surface area contributed by atoms with E-state index in [1.54, 1.807) is 0 Å². The van der Waals surface area contributed by atoms with Crippen LogP contribution in [0.3, 0.4) is 0 Å². The Balaban J connectivity index is 1.53. The first-order valence-corrected chi connectivity index (χ1v) is 13.2. The molecule has 4 rings (SSSR count). The zero-order valence-corrected chi connectivity index (χ0v) is 21.0. The van der Waals surface area contributed by atoms with Crippen LogP contribution in [0.25, 0.3) is 0 Å². The van der Waals surface area contributed by atoms with Crippen LogP contribution < -0.4 is 20.1 Å². The summed E-state index contributed by atoms with van der Waals surface area (Å²) >= 11 is 12.1. The number of rotatable bonds is 8. The Morgan fingerprint density at radius 3 is 2.53 bits per heavy atom. The number of primary sulfonamides is 1. The molecule has 3 aromatic rings. The second kappa shape index (κ2) is 10.5. The van der Waals surface area contributed by atoms with E-state index in [4.69, 9.17) is 33.1 Å². The molecular formula is C22H26Cl2N6O3S. The Morgan fingerprint density at radius 1 is 1.09 bits per heavy atom. The van der Waals surface area contributed by atoms with E-state index in [9.17, 15) is 8.42 Å². The molecular weight excluding hydrogens is 499 g/mol. The highest BCUT2D eigenvalue weighted by Crippen LogP contribution is 2.30. The Labute approximate surface area is 208 Å². The second-order valence-electron chi connectivity index (χ2n) is 7.90. The van der Waals surface area contributed by atoms with Gasteiger partial charge < -0.3 is 15.0 Å². The smallest absolute Gasteiger partial charge is 0.322 e. The standard InChI is InChI=1S/C22H26Cl2N6O3S/c1-2-30-21(7-6-15-12-18(23)19(24)14-20(15)34(25,31)32)27-28-22(30)33-17-5-3-4-16(13-17)29-10-8-26-9-11-29/h3-5,12-14,26H,2,6-11H2,1H3,(H2,25,31,32). The van der Waals surface area contributed by atoms with Gasteiger partial charge in [-0.1, -0.05) is 34.4 Å². The zero-order valence-electron chi connectivity index (χ0n) is 18.7. The normalized spacial score (nSPS) is 14.4. The number of nitrogens with two attached hydrogens (primary N) is 1. The van der Waals surface area contributed by atoms with Crippen molar-refractivity contribution >= 4 is 38.9 Å². The van der Waals surface area contributed by atoms with Gasteiger partial charge in [0.15, 0.2) is 0 Å². The van der Waals surface area contributed by atoms with Crippen molar-refractivity contribution in [1.82, 2.24) is 20.1 Å². The average molecular weight is 525 g/mol. The molecule has 1 aliphatic heterocycles. The molecule has 0 saturated carbocycles. The van der Waals surface area contributed by atoms with Crippen LogP contribution in [0, 0.1) is 0 Å². The Morgan fingerprint density at radius 2 is 1.82 bits per heavy atom. The minimum absolute atomic E-state index is 0.0503. The lowest BCUT2D eigenvalue weighted by Gasteiger charge is -2.29. The summed E-state index contributed by atoms with van der Waals surface area (Å²) in [5, 5.41) is 17.6. The fraction of sp³-hybridized carbons (Fsp3) is 0.364. The molecule has 0 aliphatic carbocycles. The third-order valence-electron chi connectivity index (χ3n) is 5.65. The number of nitrogens with one attached hydrogen (secondary N) is 1. The number of hydrogen-bond donors (Lipinski definition) is 2. The minimum Gasteiger partial charge on any atom is -0.424 e. The van der Waals surface area contributed by atoms with Crippen molar-refractivity contribution in [1.29, 1.82) is 0 Å². The summed E-state index contributed by atoms with van der Waals surface area (Å²) in [6.07, 6.45) is 0.741. The maximum Gasteiger partial charge on any atom is 0.322 e. The summed E-state index contributed by atoms with van der Waals surface area (Å²) in [5.74, 6) is 1.33. The van der Waals surface area contributed by atoms with Crippen LogP contribution in [0.1, 0.15) is 18.3 Å². The van der Waals surface area contributed by atoms with Crippen molar-refractivity contribution in [2.75, 3.05) is 31.1 Å². The van der Waals surface area contributed by atoms with E-state index < -0.39 is 10.0 Å². The third-order valence-corrected chi connectivity index (χ3v) is 7.36. The Bertz CT molecular complexity index is 1280. The van der Waals surface area contributed by atoms with Gasteiger partial charge in [-0.3, -0.25) is 4.57 Å². The molecule has 0 radical (unpaired) electrons. The maximum absolute atomic E-state index is 12.0. The third kappa shape index (κ3) is 5.64. The summed E-state index contributed by atoms with van der Waals surface area (Å²) < 4.78 is 32.0. The minimum atomic E-state index is -3.96. The number of ether oxygens (including phenoxy) is 1. The van der Waals surface area contributed by atoms with E-state index in [1.807, 2.05) is 29.7 Å². The van der Waals surface area contributed by atoms with Crippen LogP contribution in [0.2, 0.25) is 10.0 Å². The molecule has 2 heterocycles. The SMILES string of the molecule is CCn1c(CCc2cc(Cl)c(Cl)cc2S(N)(=O)=O)nnc1Oc1cccc(N2CCNCC2)c1. The number of benzene rings is 2. The zero-order chi connectivity index (χ0) is 24.3. The van der Waals surface area contributed by atoms with Crippen LogP contribution in [0.15, 0.2) is 41.3 Å². The largest absolute Gasteiger partial charge is 0.424 e. The van der Waals surface area contributed by atoms with Gasteiger partial charge in [-0.25, -0.2) is 13.6 Å². The number of nitrogens with zero attached hydrogens (tertiary/aromatic N) is 4. The summed E-state index contributed by atoms with van der Waals surface area (Å²) in [6.45, 7) is 6.32. The van der Waals surface area contributed by atoms with E-state index in [0.717, 1.165) is 31.9 Å². The summed E-state index contributed by atoms with van der Waals surface area (Å²) in [6, 6.07) is 11.1. The van der Waals surface area contributed by atoms with Gasteiger partial charge in [-0.2, -0.15) is 0 Å². The van der Waals surface area contributed by atoms with E-state index in [0.29, 0.717) is 42.5 Å². The van der Waals surface area contributed by atoms with Gasteiger partial charge in [-0.05, 0) is 43.2 Å². The van der Waals surface area contributed by atoms with Crippen LogP contribution in [-0.4, -0.2) is 49.4 Å². The molecule has 182 valence electrons. The van der Waals surface area contributed by atoms with Gasteiger partial charge in [-0.15, -0.1) is 5.10 Å². The predicted octanol–water partition coefficient (Wildman–Crippen LogP) is 3.24. The molecule has 0 unspecified atom stereocenters. The summed E-state index contributed by atoms with van der Waals surface area (Å²) in [4.78, 5) is 2.25. The maximum atomic E-state index is 12.0. The van der Waals surface area contributed by atoms with Crippen molar-refractivity contribution in [3.05, 3.63) is 57.8 Å². The van der Waals surface area contributed by atoms with Gasteiger partial charge >= 0.3 is 6.01 Å².